The van der Waals surface area contributed by atoms with Crippen LogP contribution in [0.25, 0.3) is 0 Å². The molecule has 1 saturated heterocycles. The number of hydrogen-bond acceptors (Lipinski definition) is 5. The molecule has 1 aliphatic rings. The summed E-state index contributed by atoms with van der Waals surface area (Å²) < 4.78 is 80.9. The van der Waals surface area contributed by atoms with Gasteiger partial charge in [-0.3, -0.25) is 14.9 Å². The Kier molecular flexibility index (Phi) is 6.83. The molecule has 1 aliphatic heterocycles. The van der Waals surface area contributed by atoms with Gasteiger partial charge in [-0.2, -0.15) is 31.6 Å². The fraction of sp³-hybridized carbons (Fsp3) is 0.333. The van der Waals surface area contributed by atoms with Gasteiger partial charge in [-0.1, -0.05) is 6.07 Å². The Labute approximate surface area is 189 Å². The molecule has 0 saturated carbocycles. The summed E-state index contributed by atoms with van der Waals surface area (Å²) in [6.45, 7) is 1.27. The number of benzene rings is 1. The predicted molar refractivity (Wildman–Crippen MR) is 107 cm³/mol. The number of amides is 2. The van der Waals surface area contributed by atoms with Gasteiger partial charge in [0.1, 0.15) is 11.9 Å². The molecule has 2 amide bonds. The van der Waals surface area contributed by atoms with E-state index < -0.39 is 53.8 Å². The zero-order valence-corrected chi connectivity index (χ0v) is 17.4. The highest BCUT2D eigenvalue weighted by molar-refractivity contribution is 5.95. The van der Waals surface area contributed by atoms with Gasteiger partial charge >= 0.3 is 12.4 Å². The van der Waals surface area contributed by atoms with Crippen molar-refractivity contribution in [1.29, 1.82) is 5.26 Å². The number of nitrogens with zero attached hydrogens (tertiary/aromatic N) is 2. The van der Waals surface area contributed by atoms with Crippen molar-refractivity contribution in [3.05, 3.63) is 53.2 Å². The van der Waals surface area contributed by atoms with E-state index >= 15 is 0 Å². The Morgan fingerprint density at radius 1 is 1.12 bits per heavy atom. The second-order valence-corrected chi connectivity index (χ2v) is 7.60. The van der Waals surface area contributed by atoms with Crippen LogP contribution in [-0.2, 0) is 15.8 Å². The molecule has 3 N–H and O–H groups in total. The predicted octanol–water partition coefficient (Wildman–Crippen LogP) is 3.95. The van der Waals surface area contributed by atoms with Crippen LogP contribution in [0.2, 0.25) is 0 Å². The Hall–Kier alpha value is -3.66. The molecule has 13 heteroatoms. The van der Waals surface area contributed by atoms with E-state index in [0.717, 1.165) is 12.1 Å². The smallest absolute Gasteiger partial charge is 0.323 e. The van der Waals surface area contributed by atoms with Gasteiger partial charge in [-0.25, -0.2) is 4.98 Å². The van der Waals surface area contributed by atoms with E-state index in [1.165, 1.54) is 31.3 Å². The third-order valence-electron chi connectivity index (χ3n) is 5.17. The van der Waals surface area contributed by atoms with E-state index in [-0.39, 0.29) is 23.0 Å². The second-order valence-electron chi connectivity index (χ2n) is 7.60. The number of carbonyl (C=O) groups excluding carboxylic acids is 2. The van der Waals surface area contributed by atoms with Gasteiger partial charge in [0.2, 0.25) is 11.8 Å². The molecule has 3 rings (SSSR count). The first-order valence-electron chi connectivity index (χ1n) is 9.78. The van der Waals surface area contributed by atoms with Crippen LogP contribution >= 0.6 is 0 Å². The number of nitriles is 1. The van der Waals surface area contributed by atoms with Crippen molar-refractivity contribution < 1.29 is 35.9 Å². The maximum atomic E-state index is 13.7. The van der Waals surface area contributed by atoms with E-state index in [4.69, 9.17) is 5.26 Å². The van der Waals surface area contributed by atoms with Crippen LogP contribution in [0.1, 0.15) is 36.0 Å². The molecule has 0 aliphatic carbocycles. The van der Waals surface area contributed by atoms with Crippen molar-refractivity contribution in [2.75, 3.05) is 10.6 Å². The van der Waals surface area contributed by atoms with Crippen LogP contribution in [0.5, 0.6) is 0 Å². The standard InChI is InChI=1S/C21H17F6N5O2/c1-10(33)30-17-5-4-13(9-29-17)31-19(34)16-7-14(18(32-16)21(25,26)27)11-2-3-12(8-28)15(6-11)20(22,23)24/h2-6,9,14,16,18,32H,7H2,1H3,(H,31,34)(H,29,30,33). The van der Waals surface area contributed by atoms with Crippen molar-refractivity contribution in [1.82, 2.24) is 10.3 Å². The van der Waals surface area contributed by atoms with Gasteiger partial charge < -0.3 is 10.6 Å². The first kappa shape index (κ1) is 25.0. The lowest BCUT2D eigenvalue weighted by Gasteiger charge is -2.23. The molecule has 1 fully saturated rings. The van der Waals surface area contributed by atoms with E-state index in [9.17, 15) is 35.9 Å². The third kappa shape index (κ3) is 5.63. The SMILES string of the molecule is CC(=O)Nc1ccc(NC(=O)C2CC(c3ccc(C#N)c(C(F)(F)F)c3)C(C(F)(F)F)N2)cn1. The molecule has 0 radical (unpaired) electrons. The minimum absolute atomic E-state index is 0.144. The van der Waals surface area contributed by atoms with Crippen molar-refractivity contribution in [3.63, 3.8) is 0 Å². The highest BCUT2D eigenvalue weighted by atomic mass is 19.4. The zero-order valence-electron chi connectivity index (χ0n) is 17.4. The molecule has 0 bridgehead atoms. The van der Waals surface area contributed by atoms with Crippen molar-refractivity contribution >= 4 is 23.3 Å². The summed E-state index contributed by atoms with van der Waals surface area (Å²) in [5.41, 5.74) is -2.20. The summed E-state index contributed by atoms with van der Waals surface area (Å²) in [6.07, 6.45) is -9.04. The number of halogens is 6. The molecule has 34 heavy (non-hydrogen) atoms. The first-order valence-corrected chi connectivity index (χ1v) is 9.78. The lowest BCUT2D eigenvalue weighted by atomic mass is 9.88. The van der Waals surface area contributed by atoms with Crippen LogP contribution in [0.4, 0.5) is 37.8 Å². The zero-order chi connectivity index (χ0) is 25.3. The summed E-state index contributed by atoms with van der Waals surface area (Å²) in [7, 11) is 0. The quantitative estimate of drug-likeness (QED) is 0.569. The Balaban J connectivity index is 1.83. The molecule has 1 aromatic carbocycles. The summed E-state index contributed by atoms with van der Waals surface area (Å²) >= 11 is 0. The van der Waals surface area contributed by atoms with Crippen LogP contribution in [0, 0.1) is 11.3 Å². The topological polar surface area (TPSA) is 107 Å². The summed E-state index contributed by atoms with van der Waals surface area (Å²) in [6, 6.07) is 2.86. The molecule has 0 spiro atoms. The van der Waals surface area contributed by atoms with Crippen molar-refractivity contribution in [3.8, 4) is 6.07 Å². The largest absolute Gasteiger partial charge is 0.417 e. The lowest BCUT2D eigenvalue weighted by Crippen LogP contribution is -2.46. The number of rotatable bonds is 4. The molecule has 2 aromatic rings. The van der Waals surface area contributed by atoms with Crippen LogP contribution < -0.4 is 16.0 Å². The highest BCUT2D eigenvalue weighted by Crippen LogP contribution is 2.42. The van der Waals surface area contributed by atoms with Gasteiger partial charge in [0.25, 0.3) is 0 Å². The average molecular weight is 485 g/mol. The Morgan fingerprint density at radius 3 is 2.35 bits per heavy atom. The number of carbonyl (C=O) groups is 2. The Morgan fingerprint density at radius 2 is 1.82 bits per heavy atom. The van der Waals surface area contributed by atoms with Gasteiger partial charge in [-0.05, 0) is 36.2 Å². The fourth-order valence-electron chi connectivity index (χ4n) is 3.70. The van der Waals surface area contributed by atoms with Crippen LogP contribution in [0.3, 0.4) is 0 Å². The molecular formula is C21H17F6N5O2. The van der Waals surface area contributed by atoms with Gasteiger partial charge in [0, 0.05) is 12.8 Å². The third-order valence-corrected chi connectivity index (χ3v) is 5.17. The lowest BCUT2D eigenvalue weighted by molar-refractivity contribution is -0.156. The number of nitrogens with one attached hydrogen (secondary N) is 3. The normalized spacial score (nSPS) is 20.5. The highest BCUT2D eigenvalue weighted by Gasteiger charge is 2.52. The molecular weight excluding hydrogens is 468 g/mol. The molecule has 180 valence electrons. The number of pyridine rings is 1. The molecule has 3 unspecified atom stereocenters. The monoisotopic (exact) mass is 485 g/mol. The number of alkyl halides is 6. The second kappa shape index (κ2) is 9.30. The van der Waals surface area contributed by atoms with Crippen molar-refractivity contribution in [2.24, 2.45) is 0 Å². The van der Waals surface area contributed by atoms with Crippen LogP contribution in [-0.4, -0.2) is 35.1 Å². The number of hydrogen-bond donors (Lipinski definition) is 3. The van der Waals surface area contributed by atoms with E-state index in [1.807, 2.05) is 0 Å². The molecule has 2 heterocycles. The number of aromatic nitrogens is 1. The maximum absolute atomic E-state index is 13.7. The first-order chi connectivity index (χ1) is 15.8. The number of anilines is 2. The van der Waals surface area contributed by atoms with Crippen LogP contribution in [0.15, 0.2) is 36.5 Å². The minimum Gasteiger partial charge on any atom is -0.323 e. The fourth-order valence-corrected chi connectivity index (χ4v) is 3.70. The molecule has 7 nitrogen and oxygen atoms in total. The summed E-state index contributed by atoms with van der Waals surface area (Å²) in [5.74, 6) is -2.51. The van der Waals surface area contributed by atoms with Gasteiger partial charge in [-0.15, -0.1) is 0 Å². The average Bonchev–Trinajstić information content (AvgIpc) is 3.20. The van der Waals surface area contributed by atoms with E-state index in [2.05, 4.69) is 20.9 Å². The summed E-state index contributed by atoms with van der Waals surface area (Å²) in [5, 5.41) is 15.9. The Bertz CT molecular complexity index is 1120. The molecule has 3 atom stereocenters. The van der Waals surface area contributed by atoms with E-state index in [1.54, 1.807) is 0 Å². The molecule has 1 aromatic heterocycles. The minimum atomic E-state index is -4.94. The van der Waals surface area contributed by atoms with Gasteiger partial charge in [0.15, 0.2) is 0 Å². The van der Waals surface area contributed by atoms with Crippen molar-refractivity contribution in [2.45, 2.75) is 43.7 Å². The maximum Gasteiger partial charge on any atom is 0.417 e. The summed E-state index contributed by atoms with van der Waals surface area (Å²) in [4.78, 5) is 27.5. The van der Waals surface area contributed by atoms with E-state index in [0.29, 0.717) is 6.07 Å². The van der Waals surface area contributed by atoms with Gasteiger partial charge in [0.05, 0.1) is 35.1 Å².